The lowest BCUT2D eigenvalue weighted by Gasteiger charge is -2.03. The number of aliphatic imine (C=N–C) groups is 1. The van der Waals surface area contributed by atoms with Gasteiger partial charge in [0, 0.05) is 6.21 Å². The first kappa shape index (κ1) is 15.6. The van der Waals surface area contributed by atoms with Crippen molar-refractivity contribution in [3.8, 4) is 11.5 Å². The maximum Gasteiger partial charge on any atom is 0.255 e. The van der Waals surface area contributed by atoms with Gasteiger partial charge in [0.25, 0.3) is 5.91 Å². The van der Waals surface area contributed by atoms with Gasteiger partial charge in [-0.15, -0.1) is 0 Å². The number of ether oxygens (including phenoxy) is 2. The van der Waals surface area contributed by atoms with Gasteiger partial charge in [-0.2, -0.15) is 0 Å². The van der Waals surface area contributed by atoms with Gasteiger partial charge < -0.3 is 15.2 Å². The number of nitrogens with two attached hydrogens (primary N) is 1. The Morgan fingerprint density at radius 2 is 1.73 bits per heavy atom. The van der Waals surface area contributed by atoms with E-state index in [2.05, 4.69) is 4.99 Å². The maximum atomic E-state index is 10.6. The van der Waals surface area contributed by atoms with E-state index < -0.39 is 5.91 Å². The third-order valence-electron chi connectivity index (χ3n) is 2.93. The molecule has 0 heterocycles. The van der Waals surface area contributed by atoms with Gasteiger partial charge in [0.2, 0.25) is 0 Å². The maximum absolute atomic E-state index is 10.6. The predicted molar refractivity (Wildman–Crippen MR) is 85.4 cm³/mol. The third kappa shape index (κ3) is 4.94. The second-order valence-electron chi connectivity index (χ2n) is 4.64. The Hall–Kier alpha value is -2.82. The van der Waals surface area contributed by atoms with E-state index in [1.165, 1.54) is 0 Å². The number of amides is 1. The Kier molecular flexibility index (Phi) is 5.54. The smallest absolute Gasteiger partial charge is 0.255 e. The molecule has 0 aromatic heterocycles. The van der Waals surface area contributed by atoms with Crippen molar-refractivity contribution in [1.29, 1.82) is 0 Å². The zero-order chi connectivity index (χ0) is 15.8. The van der Waals surface area contributed by atoms with Crippen LogP contribution in [0.1, 0.15) is 11.1 Å². The highest BCUT2D eigenvalue weighted by atomic mass is 16.5. The fraction of sp³-hybridized carbons (Fsp3) is 0.176. The normalized spacial score (nSPS) is 10.6. The summed E-state index contributed by atoms with van der Waals surface area (Å²) >= 11 is 0. The highest BCUT2D eigenvalue weighted by molar-refractivity contribution is 5.79. The van der Waals surface area contributed by atoms with E-state index >= 15 is 0 Å². The van der Waals surface area contributed by atoms with Crippen LogP contribution in [0.2, 0.25) is 0 Å². The fourth-order valence-electron chi connectivity index (χ4n) is 1.79. The summed E-state index contributed by atoms with van der Waals surface area (Å²) in [7, 11) is 1.64. The lowest BCUT2D eigenvalue weighted by atomic mass is 10.2. The first-order valence-corrected chi connectivity index (χ1v) is 6.81. The van der Waals surface area contributed by atoms with Gasteiger partial charge in [-0.1, -0.05) is 12.1 Å². The quantitative estimate of drug-likeness (QED) is 0.796. The van der Waals surface area contributed by atoms with Crippen molar-refractivity contribution in [1.82, 2.24) is 0 Å². The molecule has 0 saturated carbocycles. The third-order valence-corrected chi connectivity index (χ3v) is 2.93. The van der Waals surface area contributed by atoms with Crippen LogP contribution in [0.3, 0.4) is 0 Å². The number of primary amides is 1. The minimum atomic E-state index is -0.495. The van der Waals surface area contributed by atoms with Crippen LogP contribution in [0.5, 0.6) is 11.5 Å². The molecule has 5 nitrogen and oxygen atoms in total. The summed E-state index contributed by atoms with van der Waals surface area (Å²) in [6, 6.07) is 15.1. The average molecular weight is 298 g/mol. The number of hydrogen-bond acceptors (Lipinski definition) is 4. The van der Waals surface area contributed by atoms with Crippen LogP contribution in [0.25, 0.3) is 0 Å². The van der Waals surface area contributed by atoms with Crippen LogP contribution in [0.15, 0.2) is 53.5 Å². The Morgan fingerprint density at radius 3 is 2.32 bits per heavy atom. The van der Waals surface area contributed by atoms with E-state index in [9.17, 15) is 4.79 Å². The molecule has 2 aromatic carbocycles. The molecule has 0 bridgehead atoms. The van der Waals surface area contributed by atoms with Gasteiger partial charge in [-0.05, 0) is 47.5 Å². The van der Waals surface area contributed by atoms with Crippen molar-refractivity contribution in [2.24, 2.45) is 10.7 Å². The highest BCUT2D eigenvalue weighted by Crippen LogP contribution is 2.13. The summed E-state index contributed by atoms with van der Waals surface area (Å²) in [6.45, 7) is 0.481. The number of carbonyl (C=O) groups excluding carboxylic acids is 1. The molecule has 1 amide bonds. The van der Waals surface area contributed by atoms with Crippen LogP contribution < -0.4 is 15.2 Å². The van der Waals surface area contributed by atoms with E-state index in [1.807, 2.05) is 36.4 Å². The van der Waals surface area contributed by atoms with Gasteiger partial charge in [-0.3, -0.25) is 9.79 Å². The number of methoxy groups -OCH3 is 1. The molecule has 2 N–H and O–H groups in total. The van der Waals surface area contributed by atoms with E-state index in [1.54, 1.807) is 25.5 Å². The van der Waals surface area contributed by atoms with Crippen molar-refractivity contribution in [3.05, 3.63) is 59.7 Å². The first-order chi connectivity index (χ1) is 10.7. The van der Waals surface area contributed by atoms with E-state index in [0.717, 1.165) is 16.9 Å². The second kappa shape index (κ2) is 7.83. The van der Waals surface area contributed by atoms with Crippen molar-refractivity contribution in [3.63, 3.8) is 0 Å². The molecule has 0 radical (unpaired) electrons. The summed E-state index contributed by atoms with van der Waals surface area (Å²) in [5.41, 5.74) is 7.08. The topological polar surface area (TPSA) is 73.9 Å². The Labute approximate surface area is 129 Å². The first-order valence-electron chi connectivity index (χ1n) is 6.81. The SMILES string of the molecule is COc1ccc(CN=Cc2ccc(OCC(N)=O)cc2)cc1. The highest BCUT2D eigenvalue weighted by Gasteiger charge is 1.97. The molecule has 0 aliphatic rings. The Morgan fingerprint density at radius 1 is 1.09 bits per heavy atom. The molecule has 0 spiro atoms. The number of rotatable bonds is 7. The Bertz CT molecular complexity index is 634. The summed E-state index contributed by atoms with van der Waals surface area (Å²) < 4.78 is 10.3. The van der Waals surface area contributed by atoms with Gasteiger partial charge in [-0.25, -0.2) is 0 Å². The van der Waals surface area contributed by atoms with Gasteiger partial charge in [0.05, 0.1) is 13.7 Å². The molecule has 0 saturated heterocycles. The molecule has 22 heavy (non-hydrogen) atoms. The molecule has 2 rings (SSSR count). The van der Waals surface area contributed by atoms with Crippen LogP contribution >= 0.6 is 0 Å². The molecule has 5 heteroatoms. The van der Waals surface area contributed by atoms with Gasteiger partial charge in [0.1, 0.15) is 11.5 Å². The van der Waals surface area contributed by atoms with E-state index in [4.69, 9.17) is 15.2 Å². The second-order valence-corrected chi connectivity index (χ2v) is 4.64. The van der Waals surface area contributed by atoms with Gasteiger partial charge >= 0.3 is 0 Å². The lowest BCUT2D eigenvalue weighted by molar-refractivity contribution is -0.119. The number of nitrogens with zero attached hydrogens (tertiary/aromatic N) is 1. The van der Waals surface area contributed by atoms with E-state index in [-0.39, 0.29) is 6.61 Å². The standard InChI is InChI=1S/C17H18N2O3/c1-21-15-6-2-13(3-7-15)10-19-11-14-4-8-16(9-5-14)22-12-17(18)20/h2-9,11H,10,12H2,1H3,(H2,18,20). The largest absolute Gasteiger partial charge is 0.497 e. The molecular weight excluding hydrogens is 280 g/mol. The van der Waals surface area contributed by atoms with Crippen LogP contribution in [0, 0.1) is 0 Å². The summed E-state index contributed by atoms with van der Waals surface area (Å²) in [6.07, 6.45) is 1.79. The predicted octanol–water partition coefficient (Wildman–Crippen LogP) is 2.18. The summed E-state index contributed by atoms with van der Waals surface area (Å²) in [5.74, 6) is 0.940. The fourth-order valence-corrected chi connectivity index (χ4v) is 1.79. The van der Waals surface area contributed by atoms with Crippen LogP contribution in [-0.4, -0.2) is 25.8 Å². The molecule has 0 unspecified atom stereocenters. The minimum absolute atomic E-state index is 0.120. The molecular formula is C17H18N2O3. The van der Waals surface area contributed by atoms with Crippen LogP contribution in [0.4, 0.5) is 0 Å². The van der Waals surface area contributed by atoms with E-state index in [0.29, 0.717) is 12.3 Å². The summed E-state index contributed by atoms with van der Waals surface area (Å²) in [4.78, 5) is 15.0. The molecule has 0 atom stereocenters. The molecule has 2 aromatic rings. The molecule has 0 aliphatic heterocycles. The monoisotopic (exact) mass is 298 g/mol. The lowest BCUT2D eigenvalue weighted by Crippen LogP contribution is -2.19. The van der Waals surface area contributed by atoms with Crippen molar-refractivity contribution in [2.45, 2.75) is 6.54 Å². The van der Waals surface area contributed by atoms with Gasteiger partial charge in [0.15, 0.2) is 6.61 Å². The van der Waals surface area contributed by atoms with Crippen LogP contribution in [-0.2, 0) is 11.3 Å². The summed E-state index contributed by atoms with van der Waals surface area (Å²) in [5, 5.41) is 0. The van der Waals surface area contributed by atoms with Crippen molar-refractivity contribution < 1.29 is 14.3 Å². The number of carbonyl (C=O) groups is 1. The molecule has 114 valence electrons. The van der Waals surface area contributed by atoms with Crippen molar-refractivity contribution in [2.75, 3.05) is 13.7 Å². The zero-order valence-electron chi connectivity index (χ0n) is 12.4. The minimum Gasteiger partial charge on any atom is -0.497 e. The number of hydrogen-bond donors (Lipinski definition) is 1. The zero-order valence-corrected chi connectivity index (χ0v) is 12.4. The molecule has 0 fully saturated rings. The number of benzene rings is 2. The van der Waals surface area contributed by atoms with Crippen molar-refractivity contribution >= 4 is 12.1 Å². The Balaban J connectivity index is 1.88. The molecule has 0 aliphatic carbocycles. The average Bonchev–Trinajstić information content (AvgIpc) is 2.55.